The van der Waals surface area contributed by atoms with Crippen molar-refractivity contribution in [3.05, 3.63) is 76.8 Å². The largest absolute Gasteiger partial charge is 0.465 e. The predicted molar refractivity (Wildman–Crippen MR) is 151 cm³/mol. The van der Waals surface area contributed by atoms with Crippen molar-refractivity contribution in [1.82, 2.24) is 14.5 Å². The van der Waals surface area contributed by atoms with Gasteiger partial charge in [-0.2, -0.15) is 0 Å². The molecule has 1 aromatic heterocycles. The molecule has 198 valence electrons. The number of cyclic esters (lactones) is 1. The van der Waals surface area contributed by atoms with Crippen LogP contribution in [0.2, 0.25) is 5.02 Å². The number of nitrogens with zero attached hydrogens (tertiary/aromatic N) is 4. The number of esters is 1. The number of imidazole rings is 1. The van der Waals surface area contributed by atoms with E-state index in [0.717, 1.165) is 55.9 Å². The Morgan fingerprint density at radius 3 is 2.57 bits per heavy atom. The summed E-state index contributed by atoms with van der Waals surface area (Å²) in [5, 5.41) is 0.816. The number of carbonyl (C=O) groups excluding carboxylic acids is 1. The van der Waals surface area contributed by atoms with Crippen molar-refractivity contribution in [3.63, 3.8) is 0 Å². The molecule has 0 saturated carbocycles. The van der Waals surface area contributed by atoms with Crippen molar-refractivity contribution in [2.75, 3.05) is 38.7 Å². The molecule has 0 unspecified atom stereocenters. The van der Waals surface area contributed by atoms with Crippen LogP contribution in [-0.2, 0) is 35.8 Å². The zero-order valence-electron chi connectivity index (χ0n) is 22.5. The van der Waals surface area contributed by atoms with Crippen LogP contribution < -0.4 is 4.90 Å². The van der Waals surface area contributed by atoms with E-state index in [1.54, 1.807) is 6.33 Å². The first kappa shape index (κ1) is 27.2. The number of ether oxygens (including phenoxy) is 1. The Balaban J connectivity index is 0.000000186. The molecule has 37 heavy (non-hydrogen) atoms. The van der Waals surface area contributed by atoms with Gasteiger partial charge in [-0.05, 0) is 82.1 Å². The summed E-state index contributed by atoms with van der Waals surface area (Å²) in [5.41, 5.74) is 6.60. The summed E-state index contributed by atoms with van der Waals surface area (Å²) >= 11 is 6.27. The second-order valence-corrected chi connectivity index (χ2v) is 10.8. The Kier molecular flexibility index (Phi) is 9.28. The number of halogens is 1. The van der Waals surface area contributed by atoms with Crippen LogP contribution >= 0.6 is 11.6 Å². The average Bonchev–Trinajstić information content (AvgIpc) is 3.41. The first-order valence-corrected chi connectivity index (χ1v) is 13.7. The van der Waals surface area contributed by atoms with E-state index in [-0.39, 0.29) is 11.9 Å². The molecule has 1 fully saturated rings. The van der Waals surface area contributed by atoms with E-state index in [4.69, 9.17) is 16.3 Å². The standard InChI is InChI=1S/C19H23ClN2.C11H16N2O2/c1-21(2)12-5-13-22-18-7-4-3-6-15(18)8-9-16-10-11-17(20)14-19(16)22;1-3-10-8(6-15-11(10)14)4-9-5-12-7-13(9)2/h3-4,6-7,10-11,14H,5,8-9,12-13H2,1-2H3;5,7-8,10H,3-4,6H2,1-2H3/t;8-,10-/m.0/s1. The number of aromatic nitrogens is 2. The molecule has 2 atom stereocenters. The lowest BCUT2D eigenvalue weighted by atomic mass is 9.89. The topological polar surface area (TPSA) is 50.6 Å². The van der Waals surface area contributed by atoms with Crippen molar-refractivity contribution in [3.8, 4) is 0 Å². The third-order valence-electron chi connectivity index (χ3n) is 7.41. The Labute approximate surface area is 226 Å². The van der Waals surface area contributed by atoms with Crippen LogP contribution in [0.5, 0.6) is 0 Å². The molecule has 1 saturated heterocycles. The normalized spacial score (nSPS) is 18.5. The van der Waals surface area contributed by atoms with Crippen molar-refractivity contribution in [2.24, 2.45) is 18.9 Å². The summed E-state index contributed by atoms with van der Waals surface area (Å²) in [5.74, 6) is 0.350. The van der Waals surface area contributed by atoms with Gasteiger partial charge in [0.15, 0.2) is 0 Å². The molecule has 2 aromatic carbocycles. The van der Waals surface area contributed by atoms with Crippen LogP contribution in [0.1, 0.15) is 36.6 Å². The molecule has 6 nitrogen and oxygen atoms in total. The van der Waals surface area contributed by atoms with Gasteiger partial charge in [0.2, 0.25) is 0 Å². The van der Waals surface area contributed by atoms with Crippen molar-refractivity contribution < 1.29 is 9.53 Å². The lowest BCUT2D eigenvalue weighted by Crippen LogP contribution is -2.24. The second kappa shape index (κ2) is 12.6. The lowest BCUT2D eigenvalue weighted by molar-refractivity contribution is -0.141. The first-order valence-electron chi connectivity index (χ1n) is 13.3. The Bertz CT molecular complexity index is 1190. The van der Waals surface area contributed by atoms with Gasteiger partial charge in [-0.15, -0.1) is 0 Å². The van der Waals surface area contributed by atoms with E-state index >= 15 is 0 Å². The van der Waals surface area contributed by atoms with E-state index in [2.05, 4.69) is 65.3 Å². The second-order valence-electron chi connectivity index (χ2n) is 10.3. The SMILES string of the molecule is CC[C@@H]1C(=O)OC[C@@H]1Cc1cncn1C.CN(C)CCCN1c2ccccc2CCc2ccc(Cl)cc21. The third-order valence-corrected chi connectivity index (χ3v) is 7.65. The predicted octanol–water partition coefficient (Wildman–Crippen LogP) is 5.69. The molecule has 5 rings (SSSR count). The van der Waals surface area contributed by atoms with Crippen LogP contribution in [0.25, 0.3) is 0 Å². The summed E-state index contributed by atoms with van der Waals surface area (Å²) in [7, 11) is 6.23. The smallest absolute Gasteiger partial charge is 0.309 e. The molecule has 0 radical (unpaired) electrons. The highest BCUT2D eigenvalue weighted by molar-refractivity contribution is 6.30. The fraction of sp³-hybridized carbons (Fsp3) is 0.467. The molecule has 0 N–H and O–H groups in total. The van der Waals surface area contributed by atoms with Gasteiger partial charge in [0.1, 0.15) is 0 Å². The van der Waals surface area contributed by atoms with Crippen LogP contribution in [0, 0.1) is 11.8 Å². The minimum Gasteiger partial charge on any atom is -0.465 e. The molecule has 3 heterocycles. The van der Waals surface area contributed by atoms with E-state index in [1.165, 1.54) is 22.5 Å². The summed E-state index contributed by atoms with van der Waals surface area (Å²) in [4.78, 5) is 20.1. The first-order chi connectivity index (χ1) is 17.9. The minimum atomic E-state index is -0.0373. The Hall–Kier alpha value is -2.83. The van der Waals surface area contributed by atoms with Crippen LogP contribution in [-0.4, -0.2) is 54.2 Å². The highest BCUT2D eigenvalue weighted by atomic mass is 35.5. The van der Waals surface area contributed by atoms with E-state index < -0.39 is 0 Å². The highest BCUT2D eigenvalue weighted by Crippen LogP contribution is 2.37. The fourth-order valence-electron chi connectivity index (χ4n) is 5.33. The van der Waals surface area contributed by atoms with Crippen molar-refractivity contribution in [1.29, 1.82) is 0 Å². The van der Waals surface area contributed by atoms with Crippen LogP contribution in [0.15, 0.2) is 55.0 Å². The summed E-state index contributed by atoms with van der Waals surface area (Å²) < 4.78 is 7.08. The fourth-order valence-corrected chi connectivity index (χ4v) is 5.49. The maximum absolute atomic E-state index is 11.4. The zero-order chi connectivity index (χ0) is 26.4. The number of rotatable bonds is 7. The number of fused-ring (bicyclic) bond motifs is 2. The molecule has 0 aliphatic carbocycles. The van der Waals surface area contributed by atoms with Gasteiger partial charge >= 0.3 is 5.97 Å². The number of anilines is 2. The Morgan fingerprint density at radius 1 is 1.11 bits per heavy atom. The molecule has 0 spiro atoms. The van der Waals surface area contributed by atoms with E-state index in [0.29, 0.717) is 12.5 Å². The van der Waals surface area contributed by atoms with Gasteiger partial charge in [0.05, 0.1) is 18.9 Å². The minimum absolute atomic E-state index is 0.0373. The summed E-state index contributed by atoms with van der Waals surface area (Å²) in [6.07, 6.45) is 8.68. The summed E-state index contributed by atoms with van der Waals surface area (Å²) in [6.45, 7) is 4.70. The molecule has 2 aliphatic heterocycles. The molecule has 2 aliphatic rings. The number of carbonyl (C=O) groups is 1. The van der Waals surface area contributed by atoms with Crippen LogP contribution in [0.4, 0.5) is 11.4 Å². The molecular formula is C30H39ClN4O2. The maximum atomic E-state index is 11.4. The van der Waals surface area contributed by atoms with Gasteiger partial charge in [0.25, 0.3) is 0 Å². The monoisotopic (exact) mass is 522 g/mol. The number of benzene rings is 2. The lowest BCUT2D eigenvalue weighted by Gasteiger charge is -2.27. The maximum Gasteiger partial charge on any atom is 0.309 e. The van der Waals surface area contributed by atoms with Gasteiger partial charge in [-0.1, -0.05) is 42.8 Å². The van der Waals surface area contributed by atoms with Crippen molar-refractivity contribution >= 4 is 28.9 Å². The van der Waals surface area contributed by atoms with Gasteiger partial charge < -0.3 is 19.1 Å². The Morgan fingerprint density at radius 2 is 1.86 bits per heavy atom. The third kappa shape index (κ3) is 6.74. The number of aryl methyl sites for hydroxylation is 3. The molecule has 7 heteroatoms. The van der Waals surface area contributed by atoms with Crippen molar-refractivity contribution in [2.45, 2.75) is 39.0 Å². The quantitative estimate of drug-likeness (QED) is 0.373. The highest BCUT2D eigenvalue weighted by Gasteiger charge is 2.35. The molecule has 3 aromatic rings. The van der Waals surface area contributed by atoms with Crippen LogP contribution in [0.3, 0.4) is 0 Å². The molecule has 0 amide bonds. The number of hydrogen-bond donors (Lipinski definition) is 0. The zero-order valence-corrected chi connectivity index (χ0v) is 23.2. The number of para-hydroxylation sites is 1. The average molecular weight is 523 g/mol. The van der Waals surface area contributed by atoms with E-state index in [9.17, 15) is 4.79 Å². The van der Waals surface area contributed by atoms with E-state index in [1.807, 2.05) is 30.8 Å². The summed E-state index contributed by atoms with van der Waals surface area (Å²) in [6, 6.07) is 15.1. The van der Waals surface area contributed by atoms with Gasteiger partial charge in [-0.25, -0.2) is 4.98 Å². The van der Waals surface area contributed by atoms with Gasteiger partial charge in [-0.3, -0.25) is 4.79 Å². The molecule has 0 bridgehead atoms. The molecular weight excluding hydrogens is 484 g/mol. The number of hydrogen-bond acceptors (Lipinski definition) is 5. The van der Waals surface area contributed by atoms with Gasteiger partial charge in [0, 0.05) is 47.8 Å².